The molecule has 0 aliphatic heterocycles. The van der Waals surface area contributed by atoms with E-state index in [4.69, 9.17) is 4.42 Å². The molecule has 0 saturated heterocycles. The van der Waals surface area contributed by atoms with Gasteiger partial charge in [0.15, 0.2) is 12.2 Å². The summed E-state index contributed by atoms with van der Waals surface area (Å²) in [4.78, 5) is 18.4. The maximum atomic E-state index is 12.8. The van der Waals surface area contributed by atoms with Gasteiger partial charge < -0.3 is 14.4 Å². The largest absolute Gasteiger partial charge is 0.444 e. The topological polar surface area (TPSA) is 66.6 Å². The molecular formula is C20H20N2O3. The van der Waals surface area contributed by atoms with Crippen LogP contribution in [0.15, 0.2) is 71.6 Å². The number of aliphatic hydroxyl groups is 1. The summed E-state index contributed by atoms with van der Waals surface area (Å²) < 4.78 is 5.26. The second-order valence-corrected chi connectivity index (χ2v) is 5.80. The number of carbonyl (C=O) groups excluding carboxylic acids is 1. The molecule has 0 radical (unpaired) electrons. The molecule has 1 atom stereocenters. The SMILES string of the molecule is CN(C(=O)c1ccc(-c2cnco2)cc1)C(CCO)c1ccccc1. The van der Waals surface area contributed by atoms with Crippen LogP contribution in [0.4, 0.5) is 0 Å². The minimum absolute atomic E-state index is 0.0155. The van der Waals surface area contributed by atoms with E-state index in [1.807, 2.05) is 42.5 Å². The first-order valence-corrected chi connectivity index (χ1v) is 8.12. The molecule has 1 unspecified atom stereocenters. The van der Waals surface area contributed by atoms with E-state index in [9.17, 15) is 9.90 Å². The molecule has 0 bridgehead atoms. The summed E-state index contributed by atoms with van der Waals surface area (Å²) in [6.45, 7) is 0.0155. The highest BCUT2D eigenvalue weighted by molar-refractivity contribution is 5.94. The second-order valence-electron chi connectivity index (χ2n) is 5.80. The fourth-order valence-corrected chi connectivity index (χ4v) is 2.86. The van der Waals surface area contributed by atoms with E-state index < -0.39 is 0 Å². The van der Waals surface area contributed by atoms with Gasteiger partial charge in [-0.2, -0.15) is 0 Å². The number of aromatic nitrogens is 1. The molecular weight excluding hydrogens is 316 g/mol. The third-order valence-electron chi connectivity index (χ3n) is 4.22. The average Bonchev–Trinajstić information content (AvgIpc) is 3.20. The third-order valence-corrected chi connectivity index (χ3v) is 4.22. The number of hydrogen-bond acceptors (Lipinski definition) is 4. The van der Waals surface area contributed by atoms with Gasteiger partial charge in [-0.15, -0.1) is 0 Å². The highest BCUT2D eigenvalue weighted by Crippen LogP contribution is 2.25. The third kappa shape index (κ3) is 3.78. The van der Waals surface area contributed by atoms with Gasteiger partial charge in [0.05, 0.1) is 12.2 Å². The summed E-state index contributed by atoms with van der Waals surface area (Å²) in [6, 6.07) is 16.8. The predicted octanol–water partition coefficient (Wildman–Crippen LogP) is 3.54. The number of hydrogen-bond donors (Lipinski definition) is 1. The zero-order valence-electron chi connectivity index (χ0n) is 14.0. The molecule has 5 nitrogen and oxygen atoms in total. The molecule has 128 valence electrons. The first-order valence-electron chi connectivity index (χ1n) is 8.12. The summed E-state index contributed by atoms with van der Waals surface area (Å²) >= 11 is 0. The number of aliphatic hydroxyl groups excluding tert-OH is 1. The van der Waals surface area contributed by atoms with E-state index in [1.54, 1.807) is 30.3 Å². The Morgan fingerprint density at radius 3 is 2.48 bits per heavy atom. The lowest BCUT2D eigenvalue weighted by Gasteiger charge is -2.28. The van der Waals surface area contributed by atoms with Crippen LogP contribution in [-0.2, 0) is 0 Å². The number of amides is 1. The minimum atomic E-state index is -0.173. The molecule has 1 heterocycles. The molecule has 0 saturated carbocycles. The van der Waals surface area contributed by atoms with Crippen LogP contribution in [0.2, 0.25) is 0 Å². The molecule has 0 spiro atoms. The maximum Gasteiger partial charge on any atom is 0.254 e. The normalized spacial score (nSPS) is 11.9. The molecule has 1 aromatic heterocycles. The Bertz CT molecular complexity index is 799. The monoisotopic (exact) mass is 336 g/mol. The van der Waals surface area contributed by atoms with Crippen molar-refractivity contribution in [3.8, 4) is 11.3 Å². The van der Waals surface area contributed by atoms with Crippen molar-refractivity contribution in [1.29, 1.82) is 0 Å². The van der Waals surface area contributed by atoms with E-state index in [0.29, 0.717) is 17.7 Å². The Balaban J connectivity index is 1.80. The molecule has 2 aromatic carbocycles. The van der Waals surface area contributed by atoms with Crippen LogP contribution in [0.25, 0.3) is 11.3 Å². The van der Waals surface area contributed by atoms with Crippen molar-refractivity contribution in [3.05, 3.63) is 78.3 Å². The first-order chi connectivity index (χ1) is 12.2. The van der Waals surface area contributed by atoms with Crippen LogP contribution >= 0.6 is 0 Å². The fourth-order valence-electron chi connectivity index (χ4n) is 2.86. The highest BCUT2D eigenvalue weighted by Gasteiger charge is 2.22. The quantitative estimate of drug-likeness (QED) is 0.748. The summed E-state index contributed by atoms with van der Waals surface area (Å²) in [7, 11) is 1.76. The van der Waals surface area contributed by atoms with Gasteiger partial charge in [-0.3, -0.25) is 4.79 Å². The van der Waals surface area contributed by atoms with Gasteiger partial charge in [0.2, 0.25) is 0 Å². The second kappa shape index (κ2) is 7.77. The lowest BCUT2D eigenvalue weighted by Crippen LogP contribution is -2.31. The molecule has 5 heteroatoms. The molecule has 0 aliphatic rings. The molecule has 3 aromatic rings. The van der Waals surface area contributed by atoms with Crippen molar-refractivity contribution in [2.45, 2.75) is 12.5 Å². The molecule has 3 rings (SSSR count). The van der Waals surface area contributed by atoms with Crippen molar-refractivity contribution >= 4 is 5.91 Å². The van der Waals surface area contributed by atoms with Gasteiger partial charge in [0.25, 0.3) is 5.91 Å². The van der Waals surface area contributed by atoms with Gasteiger partial charge in [-0.05, 0) is 24.1 Å². The maximum absolute atomic E-state index is 12.8. The zero-order chi connectivity index (χ0) is 17.6. The van der Waals surface area contributed by atoms with Crippen LogP contribution in [0.5, 0.6) is 0 Å². The smallest absolute Gasteiger partial charge is 0.254 e. The highest BCUT2D eigenvalue weighted by atomic mass is 16.3. The first kappa shape index (κ1) is 16.9. The van der Waals surface area contributed by atoms with E-state index in [2.05, 4.69) is 4.98 Å². The molecule has 0 aliphatic carbocycles. The Morgan fingerprint density at radius 1 is 1.16 bits per heavy atom. The Labute approximate surface area is 146 Å². The minimum Gasteiger partial charge on any atom is -0.444 e. The van der Waals surface area contributed by atoms with Crippen LogP contribution in [0, 0.1) is 0 Å². The predicted molar refractivity (Wildman–Crippen MR) is 94.9 cm³/mol. The van der Waals surface area contributed by atoms with Crippen LogP contribution in [-0.4, -0.2) is 34.6 Å². The van der Waals surface area contributed by atoms with E-state index in [1.165, 1.54) is 6.39 Å². The van der Waals surface area contributed by atoms with Crippen LogP contribution in [0.3, 0.4) is 0 Å². The molecule has 25 heavy (non-hydrogen) atoms. The van der Waals surface area contributed by atoms with Crippen molar-refractivity contribution in [1.82, 2.24) is 9.88 Å². The van der Waals surface area contributed by atoms with E-state index >= 15 is 0 Å². The lowest BCUT2D eigenvalue weighted by molar-refractivity contribution is 0.0705. The van der Waals surface area contributed by atoms with E-state index in [0.717, 1.165) is 11.1 Å². The Hall–Kier alpha value is -2.92. The molecule has 1 amide bonds. The fraction of sp³-hybridized carbons (Fsp3) is 0.200. The average molecular weight is 336 g/mol. The number of benzene rings is 2. The number of rotatable bonds is 6. The summed E-state index contributed by atoms with van der Waals surface area (Å²) in [5, 5.41) is 9.39. The Kier molecular flexibility index (Phi) is 5.26. The number of oxazole rings is 1. The zero-order valence-corrected chi connectivity index (χ0v) is 14.0. The summed E-state index contributed by atoms with van der Waals surface area (Å²) in [5.41, 5.74) is 2.46. The van der Waals surface area contributed by atoms with Crippen LogP contribution < -0.4 is 0 Å². The molecule has 1 N–H and O–H groups in total. The van der Waals surface area contributed by atoms with E-state index in [-0.39, 0.29) is 18.6 Å². The van der Waals surface area contributed by atoms with Crippen molar-refractivity contribution in [2.24, 2.45) is 0 Å². The lowest BCUT2D eigenvalue weighted by atomic mass is 10.0. The van der Waals surface area contributed by atoms with Gasteiger partial charge >= 0.3 is 0 Å². The van der Waals surface area contributed by atoms with Crippen molar-refractivity contribution in [2.75, 3.05) is 13.7 Å². The number of nitrogens with zero attached hydrogens (tertiary/aromatic N) is 2. The Morgan fingerprint density at radius 2 is 1.88 bits per heavy atom. The van der Waals surface area contributed by atoms with Crippen molar-refractivity contribution in [3.63, 3.8) is 0 Å². The van der Waals surface area contributed by atoms with Gasteiger partial charge in [-0.1, -0.05) is 42.5 Å². The van der Waals surface area contributed by atoms with Crippen molar-refractivity contribution < 1.29 is 14.3 Å². The molecule has 0 fully saturated rings. The summed E-state index contributed by atoms with van der Waals surface area (Å²) in [5.74, 6) is 0.571. The number of carbonyl (C=O) groups is 1. The van der Waals surface area contributed by atoms with Gasteiger partial charge in [0, 0.05) is 24.8 Å². The van der Waals surface area contributed by atoms with Crippen LogP contribution in [0.1, 0.15) is 28.4 Å². The van der Waals surface area contributed by atoms with Gasteiger partial charge in [0.1, 0.15) is 0 Å². The standard InChI is InChI=1S/C20H20N2O3/c1-22(18(11-12-23)15-5-3-2-4-6-15)20(24)17-9-7-16(8-10-17)19-13-21-14-25-19/h2-10,13-14,18,23H,11-12H2,1H3. The van der Waals surface area contributed by atoms with Gasteiger partial charge in [-0.25, -0.2) is 4.98 Å². The summed E-state index contributed by atoms with van der Waals surface area (Å²) in [6.07, 6.45) is 3.50.